The molecule has 0 aliphatic carbocycles. The standard InChI is InChI=1S/C24H18O6/c1-29-20-13-11-16(12-14-20)21(25)15-30-24(28)19-9-7-18(8-10-19)23(27)22(26)17-5-3-2-4-6-17/h2-14H,15H2,1H3. The Hall–Kier alpha value is -4.06. The molecule has 0 spiro atoms. The lowest BCUT2D eigenvalue weighted by atomic mass is 10.0. The molecule has 150 valence electrons. The first-order valence-electron chi connectivity index (χ1n) is 9.08. The van der Waals surface area contributed by atoms with Gasteiger partial charge in [0, 0.05) is 16.7 Å². The molecule has 0 N–H and O–H groups in total. The molecule has 0 saturated heterocycles. The third-order valence-corrected chi connectivity index (χ3v) is 4.37. The SMILES string of the molecule is COc1ccc(C(=O)COC(=O)c2ccc(C(=O)C(=O)c3ccccc3)cc2)cc1. The van der Waals surface area contributed by atoms with Gasteiger partial charge in [0.05, 0.1) is 12.7 Å². The highest BCUT2D eigenvalue weighted by molar-refractivity contribution is 6.49. The van der Waals surface area contributed by atoms with Crippen molar-refractivity contribution in [2.75, 3.05) is 13.7 Å². The molecule has 0 radical (unpaired) electrons. The molecule has 0 bridgehead atoms. The van der Waals surface area contributed by atoms with Crippen LogP contribution in [0.25, 0.3) is 0 Å². The zero-order valence-corrected chi connectivity index (χ0v) is 16.2. The zero-order valence-electron chi connectivity index (χ0n) is 16.2. The molecule has 3 aromatic carbocycles. The Balaban J connectivity index is 1.60. The summed E-state index contributed by atoms with van der Waals surface area (Å²) < 4.78 is 10.1. The summed E-state index contributed by atoms with van der Waals surface area (Å²) in [6.07, 6.45) is 0. The largest absolute Gasteiger partial charge is 0.497 e. The van der Waals surface area contributed by atoms with Crippen molar-refractivity contribution < 1.29 is 28.7 Å². The second-order valence-corrected chi connectivity index (χ2v) is 6.33. The Labute approximate surface area is 173 Å². The van der Waals surface area contributed by atoms with Crippen molar-refractivity contribution in [2.24, 2.45) is 0 Å². The smallest absolute Gasteiger partial charge is 0.338 e. The number of hydrogen-bond acceptors (Lipinski definition) is 6. The van der Waals surface area contributed by atoms with Crippen LogP contribution in [-0.4, -0.2) is 37.0 Å². The molecule has 0 amide bonds. The van der Waals surface area contributed by atoms with E-state index in [9.17, 15) is 19.2 Å². The van der Waals surface area contributed by atoms with Crippen LogP contribution in [0.4, 0.5) is 0 Å². The predicted molar refractivity (Wildman–Crippen MR) is 109 cm³/mol. The van der Waals surface area contributed by atoms with Gasteiger partial charge in [0.1, 0.15) is 5.75 Å². The summed E-state index contributed by atoms with van der Waals surface area (Å²) in [6.45, 7) is -0.418. The van der Waals surface area contributed by atoms with Crippen molar-refractivity contribution in [1.82, 2.24) is 0 Å². The van der Waals surface area contributed by atoms with Gasteiger partial charge in [0.15, 0.2) is 12.4 Å². The first kappa shape index (κ1) is 20.7. The third-order valence-electron chi connectivity index (χ3n) is 4.37. The van der Waals surface area contributed by atoms with Crippen molar-refractivity contribution in [3.8, 4) is 5.75 Å². The summed E-state index contributed by atoms with van der Waals surface area (Å²) in [6, 6.07) is 20.2. The van der Waals surface area contributed by atoms with E-state index in [0.717, 1.165) is 0 Å². The normalized spacial score (nSPS) is 10.2. The summed E-state index contributed by atoms with van der Waals surface area (Å²) in [5, 5.41) is 0. The van der Waals surface area contributed by atoms with Gasteiger partial charge < -0.3 is 9.47 Å². The average molecular weight is 402 g/mol. The van der Waals surface area contributed by atoms with Gasteiger partial charge >= 0.3 is 5.97 Å². The van der Waals surface area contributed by atoms with E-state index in [2.05, 4.69) is 0 Å². The Kier molecular flexibility index (Phi) is 6.49. The minimum absolute atomic E-state index is 0.162. The number of benzene rings is 3. The third kappa shape index (κ3) is 4.86. The van der Waals surface area contributed by atoms with E-state index in [4.69, 9.17) is 9.47 Å². The Morgan fingerprint density at radius 2 is 1.13 bits per heavy atom. The number of carbonyl (C=O) groups excluding carboxylic acids is 4. The van der Waals surface area contributed by atoms with Crippen LogP contribution in [-0.2, 0) is 4.74 Å². The number of ether oxygens (including phenoxy) is 2. The fourth-order valence-electron chi connectivity index (χ4n) is 2.68. The highest BCUT2D eigenvalue weighted by Crippen LogP contribution is 2.13. The monoisotopic (exact) mass is 402 g/mol. The minimum atomic E-state index is -0.703. The fourth-order valence-corrected chi connectivity index (χ4v) is 2.68. The van der Waals surface area contributed by atoms with Crippen molar-refractivity contribution >= 4 is 23.3 Å². The van der Waals surface area contributed by atoms with Crippen molar-refractivity contribution in [2.45, 2.75) is 0 Å². The highest BCUT2D eigenvalue weighted by atomic mass is 16.5. The van der Waals surface area contributed by atoms with Gasteiger partial charge in [-0.2, -0.15) is 0 Å². The fraction of sp³-hybridized carbons (Fsp3) is 0.0833. The van der Waals surface area contributed by atoms with E-state index in [1.165, 1.54) is 31.4 Å². The molecule has 0 aromatic heterocycles. The van der Waals surface area contributed by atoms with Crippen LogP contribution >= 0.6 is 0 Å². The average Bonchev–Trinajstić information content (AvgIpc) is 2.82. The lowest BCUT2D eigenvalue weighted by molar-refractivity contribution is 0.0474. The summed E-state index contributed by atoms with van der Waals surface area (Å²) in [7, 11) is 1.52. The summed E-state index contributed by atoms with van der Waals surface area (Å²) in [5.74, 6) is -1.74. The minimum Gasteiger partial charge on any atom is -0.497 e. The maximum Gasteiger partial charge on any atom is 0.338 e. The highest BCUT2D eigenvalue weighted by Gasteiger charge is 2.19. The van der Waals surface area contributed by atoms with E-state index in [1.807, 2.05) is 0 Å². The second kappa shape index (κ2) is 9.43. The van der Waals surface area contributed by atoms with Crippen LogP contribution in [0.15, 0.2) is 78.9 Å². The molecule has 0 atom stereocenters. The first-order valence-corrected chi connectivity index (χ1v) is 9.08. The van der Waals surface area contributed by atoms with Crippen LogP contribution < -0.4 is 4.74 Å². The number of esters is 1. The van der Waals surface area contributed by atoms with Gasteiger partial charge in [-0.15, -0.1) is 0 Å². The number of methoxy groups -OCH3 is 1. The lowest BCUT2D eigenvalue weighted by Gasteiger charge is -2.06. The van der Waals surface area contributed by atoms with Crippen molar-refractivity contribution in [3.63, 3.8) is 0 Å². The van der Waals surface area contributed by atoms with Gasteiger partial charge in [0.25, 0.3) is 0 Å². The van der Waals surface area contributed by atoms with Crippen molar-refractivity contribution in [1.29, 1.82) is 0 Å². The van der Waals surface area contributed by atoms with Crippen LogP contribution in [0.5, 0.6) is 5.75 Å². The molecule has 0 aliphatic heterocycles. The first-order chi connectivity index (χ1) is 14.5. The molecule has 0 heterocycles. The van der Waals surface area contributed by atoms with E-state index < -0.39 is 24.1 Å². The second-order valence-electron chi connectivity index (χ2n) is 6.33. The quantitative estimate of drug-likeness (QED) is 0.324. The molecule has 0 aliphatic rings. The summed E-state index contributed by atoms with van der Waals surface area (Å²) >= 11 is 0. The van der Waals surface area contributed by atoms with Gasteiger partial charge in [-0.1, -0.05) is 42.5 Å². The molecule has 0 saturated carbocycles. The Bertz CT molecular complexity index is 1070. The lowest BCUT2D eigenvalue weighted by Crippen LogP contribution is -2.16. The Morgan fingerprint density at radius 1 is 0.633 bits per heavy atom. The molecule has 6 nitrogen and oxygen atoms in total. The molecule has 0 fully saturated rings. The van der Waals surface area contributed by atoms with Crippen LogP contribution in [0.2, 0.25) is 0 Å². The summed E-state index contributed by atoms with van der Waals surface area (Å²) in [4.78, 5) is 48.9. The molecule has 30 heavy (non-hydrogen) atoms. The number of hydrogen-bond donors (Lipinski definition) is 0. The van der Waals surface area contributed by atoms with E-state index in [-0.39, 0.29) is 16.9 Å². The number of Topliss-reactive ketones (excluding diaryl/α,β-unsaturated/α-hetero) is 3. The van der Waals surface area contributed by atoms with Crippen LogP contribution in [0, 0.1) is 0 Å². The summed E-state index contributed by atoms with van der Waals surface area (Å²) in [5.41, 5.74) is 1.02. The van der Waals surface area contributed by atoms with Gasteiger partial charge in [-0.05, 0) is 36.4 Å². The van der Waals surface area contributed by atoms with Gasteiger partial charge in [0.2, 0.25) is 11.6 Å². The zero-order chi connectivity index (χ0) is 21.5. The molecule has 3 rings (SSSR count). The molecular weight excluding hydrogens is 384 g/mol. The van der Waals surface area contributed by atoms with Gasteiger partial charge in [-0.25, -0.2) is 4.79 Å². The predicted octanol–water partition coefficient (Wildman–Crippen LogP) is 3.80. The van der Waals surface area contributed by atoms with Gasteiger partial charge in [-0.3, -0.25) is 14.4 Å². The molecule has 6 heteroatoms. The topological polar surface area (TPSA) is 86.7 Å². The van der Waals surface area contributed by atoms with E-state index in [1.54, 1.807) is 54.6 Å². The Morgan fingerprint density at radius 3 is 1.70 bits per heavy atom. The van der Waals surface area contributed by atoms with Crippen molar-refractivity contribution in [3.05, 3.63) is 101 Å². The maximum atomic E-state index is 12.3. The van der Waals surface area contributed by atoms with Crippen LogP contribution in [0.3, 0.4) is 0 Å². The molecular formula is C24H18O6. The maximum absolute atomic E-state index is 12.3. The van der Waals surface area contributed by atoms with E-state index in [0.29, 0.717) is 16.9 Å². The number of ketones is 3. The van der Waals surface area contributed by atoms with Crippen LogP contribution in [0.1, 0.15) is 41.4 Å². The number of rotatable bonds is 8. The van der Waals surface area contributed by atoms with E-state index >= 15 is 0 Å². The molecule has 3 aromatic rings. The molecule has 0 unspecified atom stereocenters. The number of carbonyl (C=O) groups is 4.